The van der Waals surface area contributed by atoms with Gasteiger partial charge in [-0.1, -0.05) is 6.92 Å². The van der Waals surface area contributed by atoms with Gasteiger partial charge >= 0.3 is 11.9 Å². The lowest BCUT2D eigenvalue weighted by atomic mass is 10.1. The van der Waals surface area contributed by atoms with E-state index in [1.165, 1.54) is 27.0 Å². The molecule has 0 saturated carbocycles. The van der Waals surface area contributed by atoms with E-state index in [0.717, 1.165) is 6.42 Å². The van der Waals surface area contributed by atoms with Crippen LogP contribution in [0.1, 0.15) is 32.8 Å². The highest BCUT2D eigenvalue weighted by Gasteiger charge is 2.38. The molecule has 1 aliphatic heterocycles. The van der Waals surface area contributed by atoms with Crippen LogP contribution in [-0.4, -0.2) is 31.4 Å². The third-order valence-corrected chi connectivity index (χ3v) is 3.72. The van der Waals surface area contributed by atoms with Gasteiger partial charge < -0.3 is 18.9 Å². The molecule has 6 nitrogen and oxygen atoms in total. The number of halogens is 1. The van der Waals surface area contributed by atoms with Crippen molar-refractivity contribution in [2.45, 2.75) is 33.0 Å². The normalized spacial score (nSPS) is 16.3. The Balaban J connectivity index is 2.37. The topological polar surface area (TPSA) is 71.1 Å². The lowest BCUT2D eigenvalue weighted by Gasteiger charge is -2.29. The van der Waals surface area contributed by atoms with Crippen molar-refractivity contribution in [3.63, 3.8) is 0 Å². The lowest BCUT2D eigenvalue weighted by Crippen LogP contribution is -2.41. The SMILES string of the molecule is CCCOc1c(Br)cc(C=C2C(=O)OC(C)(C)OC2=O)cc1OC. The number of esters is 2. The molecule has 0 spiro atoms. The first kappa shape index (κ1) is 18.3. The fourth-order valence-corrected chi connectivity index (χ4v) is 2.69. The van der Waals surface area contributed by atoms with Gasteiger partial charge in [0.05, 0.1) is 18.2 Å². The Morgan fingerprint density at radius 2 is 1.83 bits per heavy atom. The van der Waals surface area contributed by atoms with Crippen molar-refractivity contribution in [3.8, 4) is 11.5 Å². The van der Waals surface area contributed by atoms with Gasteiger partial charge in [0.1, 0.15) is 5.57 Å². The number of benzene rings is 1. The average molecular weight is 399 g/mol. The van der Waals surface area contributed by atoms with Crippen LogP contribution >= 0.6 is 15.9 Å². The maximum absolute atomic E-state index is 12.0. The van der Waals surface area contributed by atoms with E-state index in [-0.39, 0.29) is 5.57 Å². The third kappa shape index (κ3) is 4.08. The van der Waals surface area contributed by atoms with E-state index in [1.807, 2.05) is 6.92 Å². The van der Waals surface area contributed by atoms with Gasteiger partial charge in [0.2, 0.25) is 0 Å². The summed E-state index contributed by atoms with van der Waals surface area (Å²) in [5, 5.41) is 0. The molecular weight excluding hydrogens is 380 g/mol. The van der Waals surface area contributed by atoms with E-state index in [0.29, 0.717) is 28.1 Å². The molecule has 130 valence electrons. The summed E-state index contributed by atoms with van der Waals surface area (Å²) in [5.74, 6) is -1.66. The minimum absolute atomic E-state index is 0.175. The zero-order valence-corrected chi connectivity index (χ0v) is 15.6. The molecule has 1 saturated heterocycles. The summed E-state index contributed by atoms with van der Waals surface area (Å²) in [4.78, 5) is 24.0. The minimum Gasteiger partial charge on any atom is -0.493 e. The Kier molecular flexibility index (Phi) is 5.54. The Hall–Kier alpha value is -2.02. The number of hydrogen-bond acceptors (Lipinski definition) is 6. The smallest absolute Gasteiger partial charge is 0.348 e. The highest BCUT2D eigenvalue weighted by Crippen LogP contribution is 2.37. The van der Waals surface area contributed by atoms with Crippen molar-refractivity contribution in [1.29, 1.82) is 0 Å². The zero-order chi connectivity index (χ0) is 17.9. The molecule has 24 heavy (non-hydrogen) atoms. The maximum atomic E-state index is 12.0. The van der Waals surface area contributed by atoms with Crippen molar-refractivity contribution >= 4 is 33.9 Å². The number of methoxy groups -OCH3 is 1. The average Bonchev–Trinajstić information content (AvgIpc) is 2.48. The molecule has 1 aromatic carbocycles. The van der Waals surface area contributed by atoms with E-state index >= 15 is 0 Å². The van der Waals surface area contributed by atoms with E-state index in [4.69, 9.17) is 18.9 Å². The molecule has 7 heteroatoms. The van der Waals surface area contributed by atoms with E-state index in [2.05, 4.69) is 15.9 Å². The molecule has 0 N–H and O–H groups in total. The number of cyclic esters (lactones) is 2. The van der Waals surface area contributed by atoms with Crippen molar-refractivity contribution in [3.05, 3.63) is 27.7 Å². The van der Waals surface area contributed by atoms with Crippen LogP contribution in [0.25, 0.3) is 6.08 Å². The van der Waals surface area contributed by atoms with Gasteiger partial charge in [-0.3, -0.25) is 0 Å². The first-order chi connectivity index (χ1) is 11.3. The highest BCUT2D eigenvalue weighted by atomic mass is 79.9. The summed E-state index contributed by atoms with van der Waals surface area (Å²) in [7, 11) is 1.52. The molecule has 2 rings (SSSR count). The summed E-state index contributed by atoms with van der Waals surface area (Å²) < 4.78 is 21.8. The monoisotopic (exact) mass is 398 g/mol. The first-order valence-electron chi connectivity index (χ1n) is 7.46. The molecule has 1 aromatic rings. The van der Waals surface area contributed by atoms with Gasteiger partial charge in [0, 0.05) is 13.8 Å². The number of rotatable bonds is 5. The van der Waals surface area contributed by atoms with Crippen LogP contribution < -0.4 is 9.47 Å². The summed E-state index contributed by atoms with van der Waals surface area (Å²) in [6.45, 7) is 5.54. The van der Waals surface area contributed by atoms with Crippen LogP contribution in [0.2, 0.25) is 0 Å². The first-order valence-corrected chi connectivity index (χ1v) is 8.25. The Bertz CT molecular complexity index is 671. The quantitative estimate of drug-likeness (QED) is 0.429. The molecule has 1 fully saturated rings. The molecule has 0 radical (unpaired) electrons. The summed E-state index contributed by atoms with van der Waals surface area (Å²) in [5.41, 5.74) is 0.400. The van der Waals surface area contributed by atoms with Crippen LogP contribution in [0.3, 0.4) is 0 Å². The molecule has 0 unspecified atom stereocenters. The van der Waals surface area contributed by atoms with E-state index in [9.17, 15) is 9.59 Å². The minimum atomic E-state index is -1.26. The molecule has 0 aromatic heterocycles. The number of carbonyl (C=O) groups is 2. The highest BCUT2D eigenvalue weighted by molar-refractivity contribution is 9.10. The predicted octanol–water partition coefficient (Wildman–Crippen LogP) is 3.47. The fraction of sp³-hybridized carbons (Fsp3) is 0.412. The lowest BCUT2D eigenvalue weighted by molar-refractivity contribution is -0.222. The number of hydrogen-bond donors (Lipinski definition) is 0. The fourth-order valence-electron chi connectivity index (χ4n) is 2.11. The Labute approximate surface area is 148 Å². The maximum Gasteiger partial charge on any atom is 0.348 e. The van der Waals surface area contributed by atoms with Crippen LogP contribution in [0.4, 0.5) is 0 Å². The van der Waals surface area contributed by atoms with Gasteiger partial charge in [0.15, 0.2) is 11.5 Å². The van der Waals surface area contributed by atoms with Gasteiger partial charge in [-0.2, -0.15) is 0 Å². The number of ether oxygens (including phenoxy) is 4. The predicted molar refractivity (Wildman–Crippen MR) is 90.7 cm³/mol. The number of carbonyl (C=O) groups excluding carboxylic acids is 2. The second-order valence-electron chi connectivity index (χ2n) is 5.62. The molecule has 1 heterocycles. The molecule has 1 aliphatic rings. The van der Waals surface area contributed by atoms with Crippen LogP contribution in [-0.2, 0) is 19.1 Å². The van der Waals surface area contributed by atoms with Crippen molar-refractivity contribution < 1.29 is 28.5 Å². The summed E-state index contributed by atoms with van der Waals surface area (Å²) in [6, 6.07) is 3.39. The van der Waals surface area contributed by atoms with E-state index < -0.39 is 17.7 Å². The van der Waals surface area contributed by atoms with E-state index in [1.54, 1.807) is 12.1 Å². The van der Waals surface area contributed by atoms with Gasteiger partial charge in [-0.25, -0.2) is 9.59 Å². The summed E-state index contributed by atoms with van der Waals surface area (Å²) in [6.07, 6.45) is 2.26. The van der Waals surface area contributed by atoms with Gasteiger partial charge in [0.25, 0.3) is 5.79 Å². The molecule has 0 aliphatic carbocycles. The Morgan fingerprint density at radius 1 is 1.21 bits per heavy atom. The van der Waals surface area contributed by atoms with Crippen LogP contribution in [0, 0.1) is 0 Å². The molecule has 0 atom stereocenters. The van der Waals surface area contributed by atoms with Crippen LogP contribution in [0.15, 0.2) is 22.2 Å². The third-order valence-electron chi connectivity index (χ3n) is 3.13. The van der Waals surface area contributed by atoms with Crippen molar-refractivity contribution in [2.75, 3.05) is 13.7 Å². The molecule has 0 bridgehead atoms. The summed E-state index contributed by atoms with van der Waals surface area (Å²) >= 11 is 3.42. The largest absolute Gasteiger partial charge is 0.493 e. The van der Waals surface area contributed by atoms with Crippen molar-refractivity contribution in [2.24, 2.45) is 0 Å². The zero-order valence-electron chi connectivity index (χ0n) is 14.0. The standard InChI is InChI=1S/C17H19BrO6/c1-5-6-22-14-12(18)8-10(9-13(14)21-4)7-11-15(19)23-17(2,3)24-16(11)20/h7-9H,5-6H2,1-4H3. The second kappa shape index (κ2) is 7.25. The van der Waals surface area contributed by atoms with Crippen molar-refractivity contribution in [1.82, 2.24) is 0 Å². The molecular formula is C17H19BrO6. The van der Waals surface area contributed by atoms with Gasteiger partial charge in [-0.15, -0.1) is 0 Å². The Morgan fingerprint density at radius 3 is 2.38 bits per heavy atom. The molecule has 0 amide bonds. The second-order valence-corrected chi connectivity index (χ2v) is 6.47. The van der Waals surface area contributed by atoms with Gasteiger partial charge in [-0.05, 0) is 46.1 Å². The van der Waals surface area contributed by atoms with Crippen LogP contribution in [0.5, 0.6) is 11.5 Å².